The first-order chi connectivity index (χ1) is 7.18. The molecule has 6 heteroatoms. The van der Waals surface area contributed by atoms with Crippen molar-refractivity contribution in [2.45, 2.75) is 6.92 Å². The lowest BCUT2D eigenvalue weighted by molar-refractivity contribution is 0.816. The molecule has 0 radical (unpaired) electrons. The fraction of sp³-hybridized carbons (Fsp3) is 0.111. The van der Waals surface area contributed by atoms with Crippen LogP contribution in [0.1, 0.15) is 5.82 Å². The largest absolute Gasteiger partial charge is 0.205 e. The molecular formula is C9H6Cl2N4. The number of halogens is 2. The number of aromatic nitrogens is 4. The van der Waals surface area contributed by atoms with Gasteiger partial charge in [-0.05, 0) is 19.1 Å². The molecule has 1 heterocycles. The SMILES string of the molecule is Cc1nnc(-c2cccc(Cl)c2Cl)nn1. The molecule has 0 fully saturated rings. The van der Waals surface area contributed by atoms with Crippen LogP contribution < -0.4 is 0 Å². The van der Waals surface area contributed by atoms with Crippen molar-refractivity contribution in [3.63, 3.8) is 0 Å². The van der Waals surface area contributed by atoms with Gasteiger partial charge in [-0.1, -0.05) is 29.3 Å². The van der Waals surface area contributed by atoms with Crippen molar-refractivity contribution in [2.75, 3.05) is 0 Å². The van der Waals surface area contributed by atoms with E-state index < -0.39 is 0 Å². The van der Waals surface area contributed by atoms with E-state index in [1.807, 2.05) is 0 Å². The Kier molecular flexibility index (Phi) is 2.79. The Labute approximate surface area is 96.3 Å². The Morgan fingerprint density at radius 2 is 1.67 bits per heavy atom. The van der Waals surface area contributed by atoms with Crippen LogP contribution in [0, 0.1) is 6.92 Å². The molecule has 15 heavy (non-hydrogen) atoms. The first-order valence-corrected chi connectivity index (χ1v) is 4.92. The minimum absolute atomic E-state index is 0.369. The molecule has 0 aliphatic heterocycles. The molecule has 0 atom stereocenters. The molecule has 1 aromatic heterocycles. The second kappa shape index (κ2) is 4.08. The van der Waals surface area contributed by atoms with Gasteiger partial charge in [0.25, 0.3) is 0 Å². The molecule has 0 aliphatic carbocycles. The second-order valence-electron chi connectivity index (χ2n) is 2.87. The Balaban J connectivity index is 2.54. The summed E-state index contributed by atoms with van der Waals surface area (Å²) in [7, 11) is 0. The quantitative estimate of drug-likeness (QED) is 0.769. The average molecular weight is 241 g/mol. The summed E-state index contributed by atoms with van der Waals surface area (Å²) in [4.78, 5) is 0. The highest BCUT2D eigenvalue weighted by molar-refractivity contribution is 6.43. The van der Waals surface area contributed by atoms with E-state index in [1.54, 1.807) is 25.1 Å². The second-order valence-corrected chi connectivity index (χ2v) is 3.66. The van der Waals surface area contributed by atoms with E-state index in [-0.39, 0.29) is 0 Å². The van der Waals surface area contributed by atoms with Crippen molar-refractivity contribution >= 4 is 23.2 Å². The summed E-state index contributed by atoms with van der Waals surface area (Å²) in [5.74, 6) is 0.880. The van der Waals surface area contributed by atoms with Gasteiger partial charge < -0.3 is 0 Å². The third-order valence-corrected chi connectivity index (χ3v) is 2.59. The molecule has 0 saturated carbocycles. The lowest BCUT2D eigenvalue weighted by Crippen LogP contribution is -1.98. The zero-order chi connectivity index (χ0) is 10.8. The van der Waals surface area contributed by atoms with Crippen molar-refractivity contribution in [3.05, 3.63) is 34.1 Å². The van der Waals surface area contributed by atoms with Gasteiger partial charge in [-0.2, -0.15) is 0 Å². The summed E-state index contributed by atoms with van der Waals surface area (Å²) in [5.41, 5.74) is 0.629. The normalized spacial score (nSPS) is 10.3. The van der Waals surface area contributed by atoms with E-state index in [4.69, 9.17) is 23.2 Å². The molecule has 0 aliphatic rings. The van der Waals surface area contributed by atoms with Gasteiger partial charge in [-0.3, -0.25) is 0 Å². The standard InChI is InChI=1S/C9H6Cl2N4/c1-5-12-14-9(15-13-5)6-3-2-4-7(10)8(6)11/h2-4H,1H3. The van der Waals surface area contributed by atoms with Gasteiger partial charge in [0.1, 0.15) is 0 Å². The van der Waals surface area contributed by atoms with Crippen LogP contribution in [0.2, 0.25) is 10.0 Å². The predicted octanol–water partition coefficient (Wildman–Crippen LogP) is 2.55. The minimum atomic E-state index is 0.369. The first-order valence-electron chi connectivity index (χ1n) is 4.17. The Bertz CT molecular complexity index is 484. The topological polar surface area (TPSA) is 51.6 Å². The van der Waals surface area contributed by atoms with E-state index in [0.717, 1.165) is 0 Å². The maximum absolute atomic E-state index is 6.00. The summed E-state index contributed by atoms with van der Waals surface area (Å²) in [6, 6.07) is 5.23. The van der Waals surface area contributed by atoms with Gasteiger partial charge in [-0.25, -0.2) is 0 Å². The van der Waals surface area contributed by atoms with Crippen molar-refractivity contribution in [2.24, 2.45) is 0 Å². The van der Waals surface area contributed by atoms with E-state index >= 15 is 0 Å². The van der Waals surface area contributed by atoms with Gasteiger partial charge in [-0.15, -0.1) is 20.4 Å². The van der Waals surface area contributed by atoms with E-state index in [1.165, 1.54) is 0 Å². The fourth-order valence-electron chi connectivity index (χ4n) is 1.06. The maximum Gasteiger partial charge on any atom is 0.205 e. The van der Waals surface area contributed by atoms with Crippen molar-refractivity contribution in [1.29, 1.82) is 0 Å². The van der Waals surface area contributed by atoms with Crippen LogP contribution in [-0.4, -0.2) is 20.4 Å². The number of benzene rings is 1. The first kappa shape index (κ1) is 10.3. The zero-order valence-electron chi connectivity index (χ0n) is 7.78. The molecule has 0 amide bonds. The van der Waals surface area contributed by atoms with Crippen LogP contribution in [0.15, 0.2) is 18.2 Å². The number of rotatable bonds is 1. The van der Waals surface area contributed by atoms with E-state index in [2.05, 4.69) is 20.4 Å². The predicted molar refractivity (Wildman–Crippen MR) is 57.8 cm³/mol. The van der Waals surface area contributed by atoms with E-state index in [9.17, 15) is 0 Å². The number of hydrogen-bond donors (Lipinski definition) is 0. The van der Waals surface area contributed by atoms with Gasteiger partial charge in [0, 0.05) is 5.56 Å². The number of nitrogens with zero attached hydrogens (tertiary/aromatic N) is 4. The molecule has 0 unspecified atom stereocenters. The highest BCUT2D eigenvalue weighted by atomic mass is 35.5. The Hall–Kier alpha value is -1.26. The molecular weight excluding hydrogens is 235 g/mol. The van der Waals surface area contributed by atoms with Gasteiger partial charge >= 0.3 is 0 Å². The summed E-state index contributed by atoms with van der Waals surface area (Å²) < 4.78 is 0. The molecule has 2 aromatic rings. The summed E-state index contributed by atoms with van der Waals surface area (Å²) in [6.45, 7) is 1.71. The van der Waals surface area contributed by atoms with Crippen LogP contribution in [0.5, 0.6) is 0 Å². The summed E-state index contributed by atoms with van der Waals surface area (Å²) in [5, 5.41) is 16.2. The highest BCUT2D eigenvalue weighted by Gasteiger charge is 2.09. The van der Waals surface area contributed by atoms with Crippen LogP contribution in [0.4, 0.5) is 0 Å². The van der Waals surface area contributed by atoms with Crippen LogP contribution >= 0.6 is 23.2 Å². The molecule has 1 aromatic carbocycles. The molecule has 4 nitrogen and oxygen atoms in total. The smallest absolute Gasteiger partial charge is 0.131 e. The van der Waals surface area contributed by atoms with Gasteiger partial charge in [0.2, 0.25) is 5.82 Å². The van der Waals surface area contributed by atoms with E-state index in [0.29, 0.717) is 27.3 Å². The van der Waals surface area contributed by atoms with Crippen LogP contribution in [0.25, 0.3) is 11.4 Å². The average Bonchev–Trinajstić information content (AvgIpc) is 2.24. The van der Waals surface area contributed by atoms with Crippen molar-refractivity contribution in [3.8, 4) is 11.4 Å². The van der Waals surface area contributed by atoms with Crippen molar-refractivity contribution in [1.82, 2.24) is 20.4 Å². The Morgan fingerprint density at radius 1 is 1.00 bits per heavy atom. The van der Waals surface area contributed by atoms with Crippen molar-refractivity contribution < 1.29 is 0 Å². The summed E-state index contributed by atoms with van der Waals surface area (Å²) in [6.07, 6.45) is 0. The molecule has 2 rings (SSSR count). The molecule has 0 saturated heterocycles. The lowest BCUT2D eigenvalue weighted by Gasteiger charge is -2.02. The molecule has 76 valence electrons. The molecule has 0 bridgehead atoms. The van der Waals surface area contributed by atoms with Gasteiger partial charge in [0.05, 0.1) is 10.0 Å². The van der Waals surface area contributed by atoms with Gasteiger partial charge in [0.15, 0.2) is 5.82 Å². The number of hydrogen-bond acceptors (Lipinski definition) is 4. The Morgan fingerprint density at radius 3 is 2.33 bits per heavy atom. The minimum Gasteiger partial charge on any atom is -0.131 e. The third kappa shape index (κ3) is 2.06. The highest BCUT2D eigenvalue weighted by Crippen LogP contribution is 2.30. The number of aryl methyl sites for hydroxylation is 1. The summed E-state index contributed by atoms with van der Waals surface area (Å²) >= 11 is 11.9. The third-order valence-electron chi connectivity index (χ3n) is 1.77. The monoisotopic (exact) mass is 240 g/mol. The zero-order valence-corrected chi connectivity index (χ0v) is 9.29. The lowest BCUT2D eigenvalue weighted by atomic mass is 10.2. The van der Waals surface area contributed by atoms with Crippen LogP contribution in [0.3, 0.4) is 0 Å². The van der Waals surface area contributed by atoms with Crippen LogP contribution in [-0.2, 0) is 0 Å². The fourth-order valence-corrected chi connectivity index (χ4v) is 1.45. The molecule has 0 spiro atoms. The molecule has 0 N–H and O–H groups in total. The maximum atomic E-state index is 6.00.